The van der Waals surface area contributed by atoms with Crippen molar-refractivity contribution < 1.29 is 14.3 Å². The van der Waals surface area contributed by atoms with Crippen molar-refractivity contribution in [1.29, 1.82) is 0 Å². The van der Waals surface area contributed by atoms with Crippen molar-refractivity contribution in [3.63, 3.8) is 0 Å². The van der Waals surface area contributed by atoms with Crippen LogP contribution in [-0.4, -0.2) is 29.9 Å². The second-order valence-electron chi connectivity index (χ2n) is 4.41. The molecule has 1 aliphatic rings. The molecule has 1 aromatic rings. The summed E-state index contributed by atoms with van der Waals surface area (Å²) in [4.78, 5) is 11.9. The van der Waals surface area contributed by atoms with Crippen LogP contribution in [-0.2, 0) is 4.79 Å². The summed E-state index contributed by atoms with van der Waals surface area (Å²) in [6.07, 6.45) is 0.129. The largest absolute Gasteiger partial charge is 0.486 e. The number of carbonyl (C=O) groups is 1. The van der Waals surface area contributed by atoms with Crippen molar-refractivity contribution >= 4 is 34.6 Å². The van der Waals surface area contributed by atoms with Gasteiger partial charge in [-0.15, -0.1) is 0 Å². The Labute approximate surface area is 127 Å². The Balaban J connectivity index is 1.93. The molecule has 0 bridgehead atoms. The van der Waals surface area contributed by atoms with E-state index in [2.05, 4.69) is 28.1 Å². The molecular formula is C13H16N4O3S. The number of hydrogen-bond acceptors (Lipinski definition) is 5. The molecule has 0 aliphatic carbocycles. The molecular weight excluding hydrogens is 292 g/mol. The fourth-order valence-corrected chi connectivity index (χ4v) is 1.79. The molecule has 0 saturated heterocycles. The maximum absolute atomic E-state index is 11.9. The van der Waals surface area contributed by atoms with E-state index in [0.717, 1.165) is 0 Å². The number of benzene rings is 1. The first-order chi connectivity index (χ1) is 10.0. The molecule has 1 amide bonds. The van der Waals surface area contributed by atoms with Gasteiger partial charge in [-0.3, -0.25) is 10.2 Å². The molecule has 0 unspecified atom stereocenters. The summed E-state index contributed by atoms with van der Waals surface area (Å²) in [5.41, 5.74) is 8.89. The second kappa shape index (κ2) is 6.89. The van der Waals surface area contributed by atoms with E-state index < -0.39 is 0 Å². The Morgan fingerprint density at radius 1 is 1.38 bits per heavy atom. The minimum atomic E-state index is -0.197. The summed E-state index contributed by atoms with van der Waals surface area (Å²) >= 11 is 4.62. The van der Waals surface area contributed by atoms with Gasteiger partial charge in [-0.1, -0.05) is 0 Å². The Morgan fingerprint density at radius 2 is 2.10 bits per heavy atom. The van der Waals surface area contributed by atoms with E-state index in [0.29, 0.717) is 36.1 Å². The molecule has 1 aromatic carbocycles. The van der Waals surface area contributed by atoms with E-state index in [1.165, 1.54) is 0 Å². The van der Waals surface area contributed by atoms with Crippen LogP contribution >= 0.6 is 12.2 Å². The summed E-state index contributed by atoms with van der Waals surface area (Å²) in [6, 6.07) is 5.25. The van der Waals surface area contributed by atoms with Crippen LogP contribution in [0.1, 0.15) is 13.3 Å². The highest BCUT2D eigenvalue weighted by Gasteiger charge is 2.13. The van der Waals surface area contributed by atoms with E-state index in [4.69, 9.17) is 15.2 Å². The van der Waals surface area contributed by atoms with Gasteiger partial charge in [0.05, 0.1) is 6.42 Å². The number of fused-ring (bicyclic) bond motifs is 1. The first-order valence-corrected chi connectivity index (χ1v) is 6.73. The first kappa shape index (κ1) is 15.0. The molecule has 7 nitrogen and oxygen atoms in total. The smallest absolute Gasteiger partial charge is 0.230 e. The van der Waals surface area contributed by atoms with E-state index in [1.54, 1.807) is 25.1 Å². The zero-order valence-corrected chi connectivity index (χ0v) is 12.3. The summed E-state index contributed by atoms with van der Waals surface area (Å²) in [5.74, 6) is 1.11. The average Bonchev–Trinajstić information content (AvgIpc) is 2.45. The molecule has 112 valence electrons. The highest BCUT2D eigenvalue weighted by molar-refractivity contribution is 7.80. The van der Waals surface area contributed by atoms with Crippen LogP contribution in [0, 0.1) is 0 Å². The number of nitrogens with one attached hydrogen (secondary N) is 2. The van der Waals surface area contributed by atoms with Gasteiger partial charge in [0.15, 0.2) is 16.6 Å². The molecule has 0 saturated carbocycles. The maximum atomic E-state index is 11.9. The lowest BCUT2D eigenvalue weighted by molar-refractivity contribution is -0.115. The number of amides is 1. The summed E-state index contributed by atoms with van der Waals surface area (Å²) < 4.78 is 10.9. The molecule has 1 aliphatic heterocycles. The molecule has 0 radical (unpaired) electrons. The topological polar surface area (TPSA) is 98.0 Å². The predicted octanol–water partition coefficient (Wildman–Crippen LogP) is 0.995. The number of hydrazone groups is 1. The van der Waals surface area contributed by atoms with E-state index >= 15 is 0 Å². The number of thiocarbonyl (C=S) groups is 1. The number of carbonyl (C=O) groups excluding carboxylic acids is 1. The summed E-state index contributed by atoms with van der Waals surface area (Å²) in [7, 11) is 0. The SMILES string of the molecule is CC(CC(=O)Nc1ccc2c(c1)OCCO2)=NNC(N)=S. The molecule has 0 spiro atoms. The van der Waals surface area contributed by atoms with Crippen molar-refractivity contribution in [2.24, 2.45) is 10.8 Å². The number of ether oxygens (including phenoxy) is 2. The standard InChI is InChI=1S/C13H16N4O3S/c1-8(16-17-13(14)21)6-12(18)15-9-2-3-10-11(7-9)20-5-4-19-10/h2-3,7H,4-6H2,1H3,(H,15,18)(H3,14,17,21). The molecule has 21 heavy (non-hydrogen) atoms. The molecule has 1 heterocycles. The quantitative estimate of drug-likeness (QED) is 0.436. The lowest BCUT2D eigenvalue weighted by Gasteiger charge is -2.19. The van der Waals surface area contributed by atoms with Crippen molar-refractivity contribution in [2.45, 2.75) is 13.3 Å². The van der Waals surface area contributed by atoms with Gasteiger partial charge in [0.25, 0.3) is 0 Å². The second-order valence-corrected chi connectivity index (χ2v) is 4.85. The minimum absolute atomic E-state index is 0.0570. The zero-order chi connectivity index (χ0) is 15.2. The molecule has 4 N–H and O–H groups in total. The van der Waals surface area contributed by atoms with E-state index in [-0.39, 0.29) is 17.4 Å². The molecule has 0 aromatic heterocycles. The fraction of sp³-hybridized carbons (Fsp3) is 0.308. The number of hydrogen-bond donors (Lipinski definition) is 3. The van der Waals surface area contributed by atoms with Gasteiger partial charge in [0, 0.05) is 17.5 Å². The van der Waals surface area contributed by atoms with Gasteiger partial charge in [-0.2, -0.15) is 5.10 Å². The lowest BCUT2D eigenvalue weighted by atomic mass is 10.2. The van der Waals surface area contributed by atoms with Crippen molar-refractivity contribution in [1.82, 2.24) is 5.43 Å². The summed E-state index contributed by atoms with van der Waals surface area (Å²) in [6.45, 7) is 2.74. The van der Waals surface area contributed by atoms with Crippen LogP contribution in [0.3, 0.4) is 0 Å². The number of anilines is 1. The van der Waals surface area contributed by atoms with Crippen LogP contribution < -0.4 is 25.9 Å². The van der Waals surface area contributed by atoms with Crippen molar-refractivity contribution in [2.75, 3.05) is 18.5 Å². The summed E-state index contributed by atoms with van der Waals surface area (Å²) in [5, 5.41) is 6.69. The highest BCUT2D eigenvalue weighted by Crippen LogP contribution is 2.32. The molecule has 8 heteroatoms. The van der Waals surface area contributed by atoms with Gasteiger partial charge in [-0.05, 0) is 31.3 Å². The Kier molecular flexibility index (Phi) is 4.94. The monoisotopic (exact) mass is 308 g/mol. The lowest BCUT2D eigenvalue weighted by Crippen LogP contribution is -2.26. The van der Waals surface area contributed by atoms with Crippen molar-refractivity contribution in [3.05, 3.63) is 18.2 Å². The number of nitrogens with two attached hydrogens (primary N) is 1. The van der Waals surface area contributed by atoms with Crippen LogP contribution in [0.25, 0.3) is 0 Å². The Morgan fingerprint density at radius 3 is 2.81 bits per heavy atom. The molecule has 0 atom stereocenters. The third kappa shape index (κ3) is 4.60. The van der Waals surface area contributed by atoms with Crippen LogP contribution in [0.4, 0.5) is 5.69 Å². The zero-order valence-electron chi connectivity index (χ0n) is 11.5. The average molecular weight is 308 g/mol. The van der Waals surface area contributed by atoms with Crippen LogP contribution in [0.2, 0.25) is 0 Å². The third-order valence-corrected chi connectivity index (χ3v) is 2.69. The van der Waals surface area contributed by atoms with Crippen LogP contribution in [0.5, 0.6) is 11.5 Å². The Hall–Kier alpha value is -2.35. The predicted molar refractivity (Wildman–Crippen MR) is 83.7 cm³/mol. The van der Waals surface area contributed by atoms with E-state index in [1.807, 2.05) is 0 Å². The van der Waals surface area contributed by atoms with Crippen molar-refractivity contribution in [3.8, 4) is 11.5 Å². The Bertz CT molecular complexity index is 589. The number of nitrogens with zero attached hydrogens (tertiary/aromatic N) is 1. The normalized spacial score (nSPS) is 13.5. The van der Waals surface area contributed by atoms with E-state index in [9.17, 15) is 4.79 Å². The third-order valence-electron chi connectivity index (χ3n) is 2.60. The maximum Gasteiger partial charge on any atom is 0.230 e. The van der Waals surface area contributed by atoms with Gasteiger partial charge in [0.2, 0.25) is 5.91 Å². The highest BCUT2D eigenvalue weighted by atomic mass is 32.1. The molecule has 2 rings (SSSR count). The number of rotatable bonds is 4. The van der Waals surface area contributed by atoms with Gasteiger partial charge < -0.3 is 20.5 Å². The fourth-order valence-electron chi connectivity index (χ4n) is 1.75. The molecule has 0 fully saturated rings. The minimum Gasteiger partial charge on any atom is -0.486 e. The first-order valence-electron chi connectivity index (χ1n) is 6.32. The van der Waals surface area contributed by atoms with Crippen LogP contribution in [0.15, 0.2) is 23.3 Å². The van der Waals surface area contributed by atoms with Gasteiger partial charge in [-0.25, -0.2) is 0 Å². The van der Waals surface area contributed by atoms with Gasteiger partial charge >= 0.3 is 0 Å². The van der Waals surface area contributed by atoms with Gasteiger partial charge in [0.1, 0.15) is 13.2 Å².